The van der Waals surface area contributed by atoms with Gasteiger partial charge in [-0.3, -0.25) is 0 Å². The molecule has 1 aromatic rings. The van der Waals surface area contributed by atoms with Crippen molar-refractivity contribution in [3.63, 3.8) is 0 Å². The van der Waals surface area contributed by atoms with Gasteiger partial charge in [-0.05, 0) is 87.4 Å². The molecule has 110 valence electrons. The molecule has 2 saturated carbocycles. The summed E-state index contributed by atoms with van der Waals surface area (Å²) in [5.74, 6) is 3.98. The fourth-order valence-corrected chi connectivity index (χ4v) is 4.77. The van der Waals surface area contributed by atoms with Crippen molar-refractivity contribution >= 4 is 0 Å². The van der Waals surface area contributed by atoms with Crippen molar-refractivity contribution in [2.75, 3.05) is 13.6 Å². The Morgan fingerprint density at radius 2 is 2.05 bits per heavy atom. The molecule has 0 saturated heterocycles. The van der Waals surface area contributed by atoms with Crippen LogP contribution in [0.2, 0.25) is 0 Å². The van der Waals surface area contributed by atoms with E-state index in [1.807, 2.05) is 0 Å². The normalized spacial score (nSPS) is 29.8. The van der Waals surface area contributed by atoms with E-state index in [4.69, 9.17) is 0 Å². The highest BCUT2D eigenvalue weighted by molar-refractivity contribution is 5.26. The first kappa shape index (κ1) is 14.1. The van der Waals surface area contributed by atoms with E-state index in [2.05, 4.69) is 43.6 Å². The van der Waals surface area contributed by atoms with Crippen molar-refractivity contribution in [3.8, 4) is 0 Å². The van der Waals surface area contributed by atoms with Crippen LogP contribution >= 0.6 is 0 Å². The van der Waals surface area contributed by atoms with Crippen LogP contribution in [0.15, 0.2) is 24.3 Å². The molecule has 1 heteroatoms. The fourth-order valence-electron chi connectivity index (χ4n) is 4.77. The van der Waals surface area contributed by atoms with E-state index >= 15 is 0 Å². The molecular formula is C19H29N. The van der Waals surface area contributed by atoms with Crippen molar-refractivity contribution in [3.05, 3.63) is 35.4 Å². The van der Waals surface area contributed by atoms with Gasteiger partial charge in [0.2, 0.25) is 0 Å². The SMILES string of the molecule is CNCC(Cc1ccccc1C)CC1CC2CCC1C2. The Morgan fingerprint density at radius 3 is 2.70 bits per heavy atom. The molecule has 2 aliphatic carbocycles. The third-order valence-corrected chi connectivity index (χ3v) is 5.78. The van der Waals surface area contributed by atoms with Gasteiger partial charge < -0.3 is 5.32 Å². The highest BCUT2D eigenvalue weighted by Crippen LogP contribution is 2.50. The summed E-state index contributed by atoms with van der Waals surface area (Å²) in [5.41, 5.74) is 3.01. The molecule has 4 atom stereocenters. The quantitative estimate of drug-likeness (QED) is 0.817. The summed E-state index contributed by atoms with van der Waals surface area (Å²) in [6.45, 7) is 3.42. The van der Waals surface area contributed by atoms with E-state index in [1.165, 1.54) is 44.2 Å². The second-order valence-electron chi connectivity index (χ2n) is 7.22. The third kappa shape index (κ3) is 3.09. The maximum absolute atomic E-state index is 3.43. The predicted molar refractivity (Wildman–Crippen MR) is 85.9 cm³/mol. The minimum atomic E-state index is 0.811. The lowest BCUT2D eigenvalue weighted by Crippen LogP contribution is -2.25. The number of rotatable bonds is 6. The Labute approximate surface area is 124 Å². The molecule has 0 heterocycles. The molecular weight excluding hydrogens is 242 g/mol. The summed E-state index contributed by atoms with van der Waals surface area (Å²) in [6, 6.07) is 8.92. The van der Waals surface area contributed by atoms with Crippen molar-refractivity contribution < 1.29 is 0 Å². The zero-order valence-electron chi connectivity index (χ0n) is 13.1. The van der Waals surface area contributed by atoms with E-state index in [0.717, 1.165) is 23.7 Å². The van der Waals surface area contributed by atoms with Crippen LogP contribution in [-0.4, -0.2) is 13.6 Å². The minimum Gasteiger partial charge on any atom is -0.319 e. The summed E-state index contributed by atoms with van der Waals surface area (Å²) in [7, 11) is 2.10. The molecule has 0 aromatic heterocycles. The van der Waals surface area contributed by atoms with Gasteiger partial charge in [0.05, 0.1) is 0 Å². The lowest BCUT2D eigenvalue weighted by molar-refractivity contribution is 0.263. The average Bonchev–Trinajstić information content (AvgIpc) is 3.04. The monoisotopic (exact) mass is 271 g/mol. The van der Waals surface area contributed by atoms with Crippen LogP contribution in [0.3, 0.4) is 0 Å². The maximum Gasteiger partial charge on any atom is -0.00202 e. The number of nitrogens with one attached hydrogen (secondary N) is 1. The summed E-state index contributed by atoms with van der Waals surface area (Å²) in [6.07, 6.45) is 8.80. The van der Waals surface area contributed by atoms with Crippen LogP contribution in [-0.2, 0) is 6.42 Å². The molecule has 0 aliphatic heterocycles. The topological polar surface area (TPSA) is 12.0 Å². The Bertz CT molecular complexity index is 439. The average molecular weight is 271 g/mol. The van der Waals surface area contributed by atoms with Crippen molar-refractivity contribution in [1.29, 1.82) is 0 Å². The summed E-state index contributed by atoms with van der Waals surface area (Å²) in [4.78, 5) is 0. The van der Waals surface area contributed by atoms with Crippen molar-refractivity contribution in [2.24, 2.45) is 23.7 Å². The first-order chi connectivity index (χ1) is 9.76. The van der Waals surface area contributed by atoms with Crippen LogP contribution in [0.4, 0.5) is 0 Å². The summed E-state index contributed by atoms with van der Waals surface area (Å²) >= 11 is 0. The second kappa shape index (κ2) is 6.30. The van der Waals surface area contributed by atoms with Crippen LogP contribution < -0.4 is 5.32 Å². The number of hydrogen-bond acceptors (Lipinski definition) is 1. The van der Waals surface area contributed by atoms with Crippen LogP contribution in [0, 0.1) is 30.6 Å². The molecule has 3 rings (SSSR count). The lowest BCUT2D eigenvalue weighted by atomic mass is 9.80. The van der Waals surface area contributed by atoms with E-state index in [-0.39, 0.29) is 0 Å². The minimum absolute atomic E-state index is 0.811. The van der Waals surface area contributed by atoms with Gasteiger partial charge in [-0.1, -0.05) is 30.7 Å². The van der Waals surface area contributed by atoms with Gasteiger partial charge in [-0.15, -0.1) is 0 Å². The Morgan fingerprint density at radius 1 is 1.20 bits per heavy atom. The number of benzene rings is 1. The second-order valence-corrected chi connectivity index (χ2v) is 7.22. The molecule has 0 amide bonds. The molecule has 0 radical (unpaired) electrons. The highest BCUT2D eigenvalue weighted by atomic mass is 14.8. The first-order valence-electron chi connectivity index (χ1n) is 8.45. The van der Waals surface area contributed by atoms with Gasteiger partial charge in [0.25, 0.3) is 0 Å². The molecule has 4 unspecified atom stereocenters. The fraction of sp³-hybridized carbons (Fsp3) is 0.684. The molecule has 20 heavy (non-hydrogen) atoms. The number of fused-ring (bicyclic) bond motifs is 2. The molecule has 2 fully saturated rings. The molecule has 1 aromatic carbocycles. The Balaban J connectivity index is 1.62. The van der Waals surface area contributed by atoms with Gasteiger partial charge in [0.1, 0.15) is 0 Å². The third-order valence-electron chi connectivity index (χ3n) is 5.78. The Hall–Kier alpha value is -0.820. The maximum atomic E-state index is 3.43. The predicted octanol–water partition coefficient (Wildman–Crippen LogP) is 4.20. The molecule has 0 spiro atoms. The standard InChI is InChI=1S/C19H29N/c1-14-5-3-4-6-17(14)11-16(13-20-2)12-19-10-15-7-8-18(19)9-15/h3-6,15-16,18-20H,7-13H2,1-2H3. The van der Waals surface area contributed by atoms with E-state index in [1.54, 1.807) is 12.0 Å². The molecule has 2 bridgehead atoms. The number of aryl methyl sites for hydroxylation is 1. The van der Waals surface area contributed by atoms with Gasteiger partial charge in [0.15, 0.2) is 0 Å². The lowest BCUT2D eigenvalue weighted by Gasteiger charge is -2.27. The largest absolute Gasteiger partial charge is 0.319 e. The Kier molecular flexibility index (Phi) is 4.45. The van der Waals surface area contributed by atoms with Crippen molar-refractivity contribution in [2.45, 2.75) is 45.4 Å². The first-order valence-corrected chi connectivity index (χ1v) is 8.45. The van der Waals surface area contributed by atoms with Crippen molar-refractivity contribution in [1.82, 2.24) is 5.32 Å². The van der Waals surface area contributed by atoms with E-state index in [0.29, 0.717) is 0 Å². The molecule has 1 nitrogen and oxygen atoms in total. The van der Waals surface area contributed by atoms with E-state index < -0.39 is 0 Å². The van der Waals surface area contributed by atoms with Gasteiger partial charge >= 0.3 is 0 Å². The highest BCUT2D eigenvalue weighted by Gasteiger charge is 2.39. The van der Waals surface area contributed by atoms with Gasteiger partial charge in [0, 0.05) is 0 Å². The van der Waals surface area contributed by atoms with Gasteiger partial charge in [-0.2, -0.15) is 0 Å². The van der Waals surface area contributed by atoms with Crippen LogP contribution in [0.5, 0.6) is 0 Å². The summed E-state index contributed by atoms with van der Waals surface area (Å²) < 4.78 is 0. The zero-order chi connectivity index (χ0) is 13.9. The van der Waals surface area contributed by atoms with E-state index in [9.17, 15) is 0 Å². The summed E-state index contributed by atoms with van der Waals surface area (Å²) in [5, 5.41) is 3.43. The smallest absolute Gasteiger partial charge is 0.00202 e. The van der Waals surface area contributed by atoms with Crippen LogP contribution in [0.25, 0.3) is 0 Å². The van der Waals surface area contributed by atoms with Gasteiger partial charge in [-0.25, -0.2) is 0 Å². The van der Waals surface area contributed by atoms with Crippen LogP contribution in [0.1, 0.15) is 43.2 Å². The molecule has 2 aliphatic rings. The number of hydrogen-bond donors (Lipinski definition) is 1. The molecule has 1 N–H and O–H groups in total. The zero-order valence-corrected chi connectivity index (χ0v) is 13.1.